The SMILES string of the molecule is Nc1cc(-c2nccn2CCN2N=C(c3ccccc3)CCC2=O)ccn1. The zero-order valence-corrected chi connectivity index (χ0v) is 14.8. The molecule has 0 spiro atoms. The zero-order valence-electron chi connectivity index (χ0n) is 14.8. The first-order chi connectivity index (χ1) is 13.2. The Hall–Kier alpha value is -3.48. The van der Waals surface area contributed by atoms with Crippen LogP contribution in [0.25, 0.3) is 11.4 Å². The molecular weight excluding hydrogens is 340 g/mol. The third-order valence-corrected chi connectivity index (χ3v) is 4.52. The van der Waals surface area contributed by atoms with Crippen LogP contribution in [0, 0.1) is 0 Å². The minimum absolute atomic E-state index is 0.0458. The van der Waals surface area contributed by atoms with Gasteiger partial charge in [-0.05, 0) is 17.7 Å². The summed E-state index contributed by atoms with van der Waals surface area (Å²) in [5.74, 6) is 1.29. The van der Waals surface area contributed by atoms with E-state index >= 15 is 0 Å². The predicted molar refractivity (Wildman–Crippen MR) is 104 cm³/mol. The second-order valence-corrected chi connectivity index (χ2v) is 6.34. The Morgan fingerprint density at radius 2 is 1.81 bits per heavy atom. The molecule has 7 heteroatoms. The molecule has 27 heavy (non-hydrogen) atoms. The van der Waals surface area contributed by atoms with Crippen LogP contribution in [0.5, 0.6) is 0 Å². The lowest BCUT2D eigenvalue weighted by Gasteiger charge is -2.24. The standard InChI is InChI=1S/C20H20N6O/c21-18-14-16(8-9-22-18)20-23-10-11-25(20)12-13-26-19(27)7-6-17(24-26)15-4-2-1-3-5-15/h1-5,8-11,14H,6-7,12-13H2,(H2,21,22). The van der Waals surface area contributed by atoms with Crippen LogP contribution >= 0.6 is 0 Å². The molecule has 0 radical (unpaired) electrons. The molecule has 1 aliphatic heterocycles. The second kappa shape index (κ2) is 7.41. The number of hydrogen-bond donors (Lipinski definition) is 1. The average molecular weight is 360 g/mol. The highest BCUT2D eigenvalue weighted by Gasteiger charge is 2.21. The van der Waals surface area contributed by atoms with Crippen LogP contribution in [0.15, 0.2) is 66.2 Å². The molecule has 1 aromatic carbocycles. The molecule has 136 valence electrons. The first-order valence-corrected chi connectivity index (χ1v) is 8.87. The Morgan fingerprint density at radius 3 is 2.63 bits per heavy atom. The number of carbonyl (C=O) groups is 1. The third-order valence-electron chi connectivity index (χ3n) is 4.52. The van der Waals surface area contributed by atoms with Gasteiger partial charge in [-0.2, -0.15) is 5.10 Å². The molecule has 2 N–H and O–H groups in total. The van der Waals surface area contributed by atoms with Gasteiger partial charge in [0.25, 0.3) is 0 Å². The van der Waals surface area contributed by atoms with Crippen LogP contribution in [-0.4, -0.2) is 37.7 Å². The van der Waals surface area contributed by atoms with Crippen molar-refractivity contribution in [1.82, 2.24) is 19.5 Å². The van der Waals surface area contributed by atoms with E-state index in [0.717, 1.165) is 22.7 Å². The number of nitrogens with two attached hydrogens (primary N) is 1. The zero-order chi connectivity index (χ0) is 18.6. The van der Waals surface area contributed by atoms with Crippen molar-refractivity contribution in [3.05, 3.63) is 66.6 Å². The molecule has 2 aromatic heterocycles. The van der Waals surface area contributed by atoms with Crippen LogP contribution in [0.1, 0.15) is 18.4 Å². The first-order valence-electron chi connectivity index (χ1n) is 8.87. The summed E-state index contributed by atoms with van der Waals surface area (Å²) in [4.78, 5) is 20.7. The second-order valence-electron chi connectivity index (χ2n) is 6.34. The van der Waals surface area contributed by atoms with Crippen molar-refractivity contribution in [2.45, 2.75) is 19.4 Å². The lowest BCUT2D eigenvalue weighted by molar-refractivity contribution is -0.131. The number of benzene rings is 1. The fourth-order valence-corrected chi connectivity index (χ4v) is 3.15. The maximum atomic E-state index is 12.3. The van der Waals surface area contributed by atoms with Crippen molar-refractivity contribution >= 4 is 17.4 Å². The molecule has 0 atom stereocenters. The molecule has 4 rings (SSSR count). The lowest BCUT2D eigenvalue weighted by atomic mass is 10.0. The fraction of sp³-hybridized carbons (Fsp3) is 0.200. The number of hydrazone groups is 1. The maximum Gasteiger partial charge on any atom is 0.243 e. The number of carbonyl (C=O) groups excluding carboxylic acids is 1. The van der Waals surface area contributed by atoms with Crippen molar-refractivity contribution in [1.29, 1.82) is 0 Å². The minimum Gasteiger partial charge on any atom is -0.384 e. The van der Waals surface area contributed by atoms with Gasteiger partial charge in [-0.1, -0.05) is 30.3 Å². The molecule has 0 unspecified atom stereocenters. The van der Waals surface area contributed by atoms with Gasteiger partial charge in [-0.25, -0.2) is 15.0 Å². The van der Waals surface area contributed by atoms with Crippen LogP contribution in [0.4, 0.5) is 5.82 Å². The molecule has 0 saturated heterocycles. The van der Waals surface area contributed by atoms with Gasteiger partial charge in [0.15, 0.2) is 0 Å². The minimum atomic E-state index is 0.0458. The van der Waals surface area contributed by atoms with Gasteiger partial charge in [0.2, 0.25) is 5.91 Å². The Labute approximate surface area is 157 Å². The van der Waals surface area contributed by atoms with Gasteiger partial charge in [0.1, 0.15) is 11.6 Å². The molecule has 3 aromatic rings. The highest BCUT2D eigenvalue weighted by Crippen LogP contribution is 2.19. The molecule has 3 heterocycles. The molecule has 7 nitrogen and oxygen atoms in total. The Morgan fingerprint density at radius 1 is 0.963 bits per heavy atom. The van der Waals surface area contributed by atoms with Crippen molar-refractivity contribution in [3.8, 4) is 11.4 Å². The summed E-state index contributed by atoms with van der Waals surface area (Å²) >= 11 is 0. The number of nitrogen functional groups attached to an aromatic ring is 1. The Bertz CT molecular complexity index is 979. The average Bonchev–Trinajstić information content (AvgIpc) is 3.17. The molecular formula is C20H20N6O. The maximum absolute atomic E-state index is 12.3. The number of hydrogen-bond acceptors (Lipinski definition) is 5. The smallest absolute Gasteiger partial charge is 0.243 e. The van der Waals surface area contributed by atoms with Crippen LogP contribution in [0.3, 0.4) is 0 Å². The molecule has 0 fully saturated rings. The summed E-state index contributed by atoms with van der Waals surface area (Å²) in [6.07, 6.45) is 6.44. The quantitative estimate of drug-likeness (QED) is 0.757. The van der Waals surface area contributed by atoms with Crippen LogP contribution in [0.2, 0.25) is 0 Å². The van der Waals surface area contributed by atoms with Gasteiger partial charge >= 0.3 is 0 Å². The summed E-state index contributed by atoms with van der Waals surface area (Å²) in [5.41, 5.74) is 8.68. The summed E-state index contributed by atoms with van der Waals surface area (Å²) < 4.78 is 1.99. The number of amides is 1. The van der Waals surface area contributed by atoms with E-state index in [1.165, 1.54) is 0 Å². The van der Waals surface area contributed by atoms with Gasteiger partial charge in [0.05, 0.1) is 12.3 Å². The van der Waals surface area contributed by atoms with Crippen LogP contribution < -0.4 is 5.73 Å². The fourth-order valence-electron chi connectivity index (χ4n) is 3.15. The molecule has 0 aliphatic carbocycles. The van der Waals surface area contributed by atoms with Crippen molar-refractivity contribution in [2.24, 2.45) is 5.10 Å². The molecule has 0 saturated carbocycles. The Kier molecular flexibility index (Phi) is 4.65. The van der Waals surface area contributed by atoms with Crippen LogP contribution in [-0.2, 0) is 11.3 Å². The van der Waals surface area contributed by atoms with Crippen molar-refractivity contribution in [3.63, 3.8) is 0 Å². The van der Waals surface area contributed by atoms with E-state index in [-0.39, 0.29) is 5.91 Å². The number of aromatic nitrogens is 3. The van der Waals surface area contributed by atoms with Crippen molar-refractivity contribution < 1.29 is 4.79 Å². The van der Waals surface area contributed by atoms with E-state index in [4.69, 9.17) is 5.73 Å². The largest absolute Gasteiger partial charge is 0.384 e. The molecule has 1 aliphatic rings. The Balaban J connectivity index is 1.52. The van der Waals surface area contributed by atoms with Gasteiger partial charge in [-0.3, -0.25) is 4.79 Å². The highest BCUT2D eigenvalue weighted by atomic mass is 16.2. The van der Waals surface area contributed by atoms with Gasteiger partial charge in [-0.15, -0.1) is 0 Å². The first kappa shape index (κ1) is 17.0. The van der Waals surface area contributed by atoms with E-state index in [1.807, 2.05) is 47.2 Å². The highest BCUT2D eigenvalue weighted by molar-refractivity contribution is 6.04. The third kappa shape index (κ3) is 3.72. The number of rotatable bonds is 5. The monoisotopic (exact) mass is 360 g/mol. The summed E-state index contributed by atoms with van der Waals surface area (Å²) in [6, 6.07) is 13.6. The molecule has 0 bridgehead atoms. The summed E-state index contributed by atoms with van der Waals surface area (Å²) in [6.45, 7) is 1.08. The van der Waals surface area contributed by atoms with E-state index in [9.17, 15) is 4.79 Å². The van der Waals surface area contributed by atoms with Gasteiger partial charge < -0.3 is 10.3 Å². The normalized spacial score (nSPS) is 14.3. The number of pyridine rings is 1. The topological polar surface area (TPSA) is 89.4 Å². The lowest BCUT2D eigenvalue weighted by Crippen LogP contribution is -2.34. The molecule has 1 amide bonds. The van der Waals surface area contributed by atoms with Crippen molar-refractivity contribution in [2.75, 3.05) is 12.3 Å². The summed E-state index contributed by atoms with van der Waals surface area (Å²) in [7, 11) is 0. The number of anilines is 1. The van der Waals surface area contributed by atoms with Gasteiger partial charge in [0, 0.05) is 43.5 Å². The predicted octanol–water partition coefficient (Wildman–Crippen LogP) is 2.55. The number of nitrogens with zero attached hydrogens (tertiary/aromatic N) is 5. The number of imidazole rings is 1. The summed E-state index contributed by atoms with van der Waals surface area (Å²) in [5, 5.41) is 6.15. The van der Waals surface area contributed by atoms with E-state index < -0.39 is 0 Å². The van der Waals surface area contributed by atoms with E-state index in [2.05, 4.69) is 15.1 Å². The van der Waals surface area contributed by atoms with E-state index in [0.29, 0.717) is 31.7 Å². The van der Waals surface area contributed by atoms with E-state index in [1.54, 1.807) is 23.5 Å².